The van der Waals surface area contributed by atoms with Gasteiger partial charge in [0.2, 0.25) is 0 Å². The second kappa shape index (κ2) is 4.24. The van der Waals surface area contributed by atoms with Crippen molar-refractivity contribution >= 4 is 0 Å². The quantitative estimate of drug-likeness (QED) is 0.499. The summed E-state index contributed by atoms with van der Waals surface area (Å²) in [6, 6.07) is 22.0. The molecule has 0 bridgehead atoms. The Balaban J connectivity index is 3.00. The Kier molecular flexibility index (Phi) is 2.74. The highest BCUT2D eigenvalue weighted by Gasteiger charge is 1.52. The van der Waals surface area contributed by atoms with Gasteiger partial charge in [0.05, 0.1) is 0 Å². The van der Waals surface area contributed by atoms with Gasteiger partial charge in [0.15, 0.2) is 0 Å². The van der Waals surface area contributed by atoms with Crippen molar-refractivity contribution in [3.8, 4) is 0 Å². The molecule has 0 aromatic heterocycles. The normalized spacial score (nSPS) is 6.40. The molecule has 0 atom stereocenters. The molecule has 0 saturated heterocycles. The van der Waals surface area contributed by atoms with Crippen LogP contribution in [0.5, 0.6) is 0 Å². The van der Waals surface area contributed by atoms with Crippen LogP contribution in [0.3, 0.4) is 0 Å². The van der Waals surface area contributed by atoms with Crippen LogP contribution >= 0.6 is 0 Å². The van der Waals surface area contributed by atoms with Crippen LogP contribution in [-0.2, 0) is 0 Å². The van der Waals surface area contributed by atoms with Crippen LogP contribution < -0.4 is 0 Å². The Morgan fingerprint density at radius 3 is 1.40 bits per heavy atom. The maximum absolute atomic E-state index is 2.82. The molecule has 0 nitrogen and oxygen atoms in total. The van der Waals surface area contributed by atoms with Crippen molar-refractivity contribution in [2.24, 2.45) is 0 Å². The fourth-order valence-electron chi connectivity index (χ4n) is 0.483. The summed E-state index contributed by atoms with van der Waals surface area (Å²) in [5, 5.41) is 0. The lowest BCUT2D eigenvalue weighted by Crippen LogP contribution is -1.42. The van der Waals surface area contributed by atoms with Gasteiger partial charge in [-0.3, -0.25) is 0 Å². The molecule has 0 radical (unpaired) electrons. The lowest BCUT2D eigenvalue weighted by molar-refractivity contribution is 1.77. The first kappa shape index (κ1) is 6.46. The first-order valence-corrected chi connectivity index (χ1v) is 2.99. The highest BCUT2D eigenvalue weighted by molar-refractivity contribution is 4.88. The van der Waals surface area contributed by atoms with Gasteiger partial charge < -0.3 is 0 Å². The van der Waals surface area contributed by atoms with Crippen LogP contribution in [0.2, 0.25) is 0 Å². The molecule has 0 heterocycles. The van der Waals surface area contributed by atoms with Gasteiger partial charge in [0, 0.05) is 0 Å². The van der Waals surface area contributed by atoms with E-state index in [4.69, 9.17) is 0 Å². The average Bonchev–Trinajstić information content (AvgIpc) is 2.01. The van der Waals surface area contributed by atoms with Gasteiger partial charge in [-0.2, -0.15) is 0 Å². The van der Waals surface area contributed by atoms with E-state index < -0.39 is 0 Å². The van der Waals surface area contributed by atoms with E-state index in [0.717, 1.165) is 0 Å². The van der Waals surface area contributed by atoms with E-state index in [1.807, 2.05) is 12.1 Å². The molecule has 0 aliphatic carbocycles. The molecular weight excluding hydrogens is 120 g/mol. The minimum absolute atomic E-state index is 1.73. The zero-order valence-electron chi connectivity index (χ0n) is 5.46. The van der Waals surface area contributed by atoms with Crippen molar-refractivity contribution in [2.45, 2.75) is 0 Å². The summed E-state index contributed by atoms with van der Waals surface area (Å²) in [5.74, 6) is 0. The van der Waals surface area contributed by atoms with Crippen LogP contribution in [0.25, 0.3) is 0 Å². The molecule has 46 valence electrons. The van der Waals surface area contributed by atoms with Gasteiger partial charge in [-0.25, -0.2) is 0 Å². The minimum Gasteiger partial charge on any atom is -0.0702 e. The van der Waals surface area contributed by atoms with Gasteiger partial charge >= 0.3 is 0 Å². The number of hydrogen-bond acceptors (Lipinski definition) is 0. The van der Waals surface area contributed by atoms with Crippen molar-refractivity contribution in [3.63, 3.8) is 0 Å². The molecule has 0 saturated carbocycles. The average molecular weight is 126 g/mol. The van der Waals surface area contributed by atoms with Crippen LogP contribution in [0.15, 0.2) is 36.4 Å². The predicted molar refractivity (Wildman–Crippen MR) is 39.4 cm³/mol. The van der Waals surface area contributed by atoms with E-state index >= 15 is 0 Å². The number of rotatable bonds is 0. The predicted octanol–water partition coefficient (Wildman–Crippen LogP) is 2.01. The van der Waals surface area contributed by atoms with E-state index in [9.17, 15) is 0 Å². The lowest BCUT2D eigenvalue weighted by atomic mass is 10.5. The summed E-state index contributed by atoms with van der Waals surface area (Å²) in [4.78, 5) is 0. The summed E-state index contributed by atoms with van der Waals surface area (Å²) in [6.45, 7) is 0. The Morgan fingerprint density at radius 1 is 0.500 bits per heavy atom. The van der Waals surface area contributed by atoms with Gasteiger partial charge in [-0.15, -0.1) is 0 Å². The molecule has 0 heteroatoms. The van der Waals surface area contributed by atoms with Crippen LogP contribution in [0.4, 0.5) is 0 Å². The molecule has 0 amide bonds. The van der Waals surface area contributed by atoms with Gasteiger partial charge in [-0.05, 0) is 24.3 Å². The second-order valence-corrected chi connectivity index (χ2v) is 1.63. The second-order valence-electron chi connectivity index (χ2n) is 1.63. The van der Waals surface area contributed by atoms with Crippen LogP contribution in [0.1, 0.15) is 0 Å². The Hall–Kier alpha value is -1.66. The highest BCUT2D eigenvalue weighted by Crippen LogP contribution is 1.70. The summed E-state index contributed by atoms with van der Waals surface area (Å²) in [5.41, 5.74) is 0. The summed E-state index contributed by atoms with van der Waals surface area (Å²) < 4.78 is 0. The van der Waals surface area contributed by atoms with E-state index in [1.54, 1.807) is 24.3 Å². The summed E-state index contributed by atoms with van der Waals surface area (Å²) in [7, 11) is 0. The number of hydrogen-bond donors (Lipinski definition) is 0. The van der Waals surface area contributed by atoms with Crippen LogP contribution in [-0.4, -0.2) is 0 Å². The first-order chi connectivity index (χ1) is 5.00. The first-order valence-electron chi connectivity index (χ1n) is 2.99. The maximum Gasteiger partial charge on any atom is -0.00316 e. The van der Waals surface area contributed by atoms with Gasteiger partial charge in [0.1, 0.15) is 0 Å². The summed E-state index contributed by atoms with van der Waals surface area (Å²) >= 11 is 0. The molecule has 0 fully saturated rings. The van der Waals surface area contributed by atoms with Gasteiger partial charge in [0.25, 0.3) is 0 Å². The SMILES string of the molecule is c1ccc#cccccc#1. The molecule has 1 aromatic carbocycles. The van der Waals surface area contributed by atoms with Crippen molar-refractivity contribution in [2.75, 3.05) is 0 Å². The van der Waals surface area contributed by atoms with Crippen molar-refractivity contribution < 1.29 is 0 Å². The van der Waals surface area contributed by atoms with Crippen LogP contribution in [0, 0.1) is 24.3 Å². The molecule has 0 spiro atoms. The molecular formula is C10H6. The zero-order valence-corrected chi connectivity index (χ0v) is 5.46. The monoisotopic (exact) mass is 126 g/mol. The van der Waals surface area contributed by atoms with E-state index in [-0.39, 0.29) is 0 Å². The Morgan fingerprint density at radius 2 is 0.900 bits per heavy atom. The molecule has 1 rings (SSSR count). The van der Waals surface area contributed by atoms with E-state index in [2.05, 4.69) is 24.3 Å². The van der Waals surface area contributed by atoms with Crippen molar-refractivity contribution in [1.82, 2.24) is 0 Å². The highest BCUT2D eigenvalue weighted by atomic mass is 13.6. The topological polar surface area (TPSA) is 0 Å². The minimum atomic E-state index is 1.73. The fraction of sp³-hybridized carbons (Fsp3) is 0. The molecule has 10 heavy (non-hydrogen) atoms. The fourth-order valence-corrected chi connectivity index (χ4v) is 0.483. The lowest BCUT2D eigenvalue weighted by Gasteiger charge is -1.59. The largest absolute Gasteiger partial charge is 0.0702 e. The maximum atomic E-state index is 2.82. The van der Waals surface area contributed by atoms with E-state index in [0.29, 0.717) is 0 Å². The molecule has 0 N–H and O–H groups in total. The third-order valence-corrected chi connectivity index (χ3v) is 0.887. The smallest absolute Gasteiger partial charge is 0.00316 e. The van der Waals surface area contributed by atoms with Gasteiger partial charge in [-0.1, -0.05) is 36.4 Å². The standard InChI is InChI=1S/C10H6/c1-2-4-6-8-10-9-7-5-3-1/h1-4,9-10H. The molecule has 0 aliphatic rings. The molecule has 0 aliphatic heterocycles. The van der Waals surface area contributed by atoms with Crippen molar-refractivity contribution in [3.05, 3.63) is 60.7 Å². The Labute approximate surface area is 61.5 Å². The zero-order chi connectivity index (χ0) is 7.07. The Bertz CT molecular complexity index is 139. The third kappa shape index (κ3) is 2.60. The molecule has 0 unspecified atom stereocenters. The molecule has 1 aromatic rings. The van der Waals surface area contributed by atoms with Crippen molar-refractivity contribution in [1.29, 1.82) is 0 Å². The third-order valence-electron chi connectivity index (χ3n) is 0.887. The van der Waals surface area contributed by atoms with E-state index in [1.165, 1.54) is 0 Å². The summed E-state index contributed by atoms with van der Waals surface area (Å²) in [6.07, 6.45) is 0.